The molecule has 1 atom stereocenters. The van der Waals surface area contributed by atoms with E-state index in [1.807, 2.05) is 0 Å². The van der Waals surface area contributed by atoms with Crippen LogP contribution in [0.3, 0.4) is 0 Å². The van der Waals surface area contributed by atoms with Crippen LogP contribution in [0.1, 0.15) is 6.42 Å². The quantitative estimate of drug-likeness (QED) is 0.532. The van der Waals surface area contributed by atoms with Crippen LogP contribution in [0, 0.1) is 0 Å². The Hall–Kier alpha value is -1.03. The molecule has 2 N–H and O–H groups in total. The van der Waals surface area contributed by atoms with E-state index in [2.05, 4.69) is 0 Å². The molecule has 4 nitrogen and oxygen atoms in total. The van der Waals surface area contributed by atoms with Gasteiger partial charge in [-0.15, -0.1) is 0 Å². The van der Waals surface area contributed by atoms with E-state index < -0.39 is 6.10 Å². The second-order valence-corrected chi connectivity index (χ2v) is 2.07. The lowest BCUT2D eigenvalue weighted by Gasteiger charge is -2.16. The van der Waals surface area contributed by atoms with Crippen molar-refractivity contribution in [2.45, 2.75) is 12.5 Å². The minimum atomic E-state index is -0.483. The van der Waals surface area contributed by atoms with Crippen LogP contribution in [-0.2, 0) is 9.53 Å². The van der Waals surface area contributed by atoms with Crippen LogP contribution >= 0.6 is 0 Å². The molecule has 0 aromatic carbocycles. The summed E-state index contributed by atoms with van der Waals surface area (Å²) >= 11 is 0. The summed E-state index contributed by atoms with van der Waals surface area (Å²) in [6.07, 6.45) is 0.536. The molecule has 0 radical (unpaired) electrons. The number of hydrogen-bond acceptors (Lipinski definition) is 4. The molecule has 1 unspecified atom stereocenters. The Labute approximate surface area is 57.7 Å². The van der Waals surface area contributed by atoms with Crippen LogP contribution in [0.2, 0.25) is 0 Å². The summed E-state index contributed by atoms with van der Waals surface area (Å²) in [5.41, 5.74) is 0. The maximum atomic E-state index is 10.7. The minimum absolute atomic E-state index is 0.0544. The molecule has 0 bridgehead atoms. The maximum absolute atomic E-state index is 10.7. The van der Waals surface area contributed by atoms with Crippen LogP contribution in [0.25, 0.3) is 0 Å². The van der Waals surface area contributed by atoms with Gasteiger partial charge >= 0.3 is 0 Å². The van der Waals surface area contributed by atoms with E-state index in [0.29, 0.717) is 0 Å². The van der Waals surface area contributed by atoms with Crippen molar-refractivity contribution in [1.29, 1.82) is 0 Å². The van der Waals surface area contributed by atoms with Crippen molar-refractivity contribution >= 4 is 5.78 Å². The normalized spacial score (nSPS) is 25.5. The largest absolute Gasteiger partial charge is 0.502 e. The number of aliphatic hydroxyl groups excluding tert-OH is 2. The Kier molecular flexibility index (Phi) is 1.91. The first-order valence-electron chi connectivity index (χ1n) is 2.92. The number of aliphatic hydroxyl groups is 2. The van der Waals surface area contributed by atoms with E-state index in [9.17, 15) is 4.79 Å². The lowest BCUT2D eigenvalue weighted by molar-refractivity contribution is -0.123. The highest BCUT2D eigenvalue weighted by molar-refractivity contribution is 5.93. The topological polar surface area (TPSA) is 66.8 Å². The summed E-state index contributed by atoms with van der Waals surface area (Å²) in [6.45, 7) is -0.199. The van der Waals surface area contributed by atoms with Crippen molar-refractivity contribution in [2.75, 3.05) is 6.61 Å². The van der Waals surface area contributed by atoms with Gasteiger partial charge in [0, 0.05) is 0 Å². The fourth-order valence-corrected chi connectivity index (χ4v) is 0.693. The summed E-state index contributed by atoms with van der Waals surface area (Å²) in [7, 11) is 0. The molecule has 0 fully saturated rings. The zero-order valence-electron chi connectivity index (χ0n) is 5.28. The van der Waals surface area contributed by atoms with E-state index in [0.717, 1.165) is 6.26 Å². The smallest absolute Gasteiger partial charge is 0.204 e. The first-order chi connectivity index (χ1) is 4.74. The maximum Gasteiger partial charge on any atom is 0.204 e. The molecular weight excluding hydrogens is 136 g/mol. The van der Waals surface area contributed by atoms with E-state index in [4.69, 9.17) is 14.9 Å². The molecule has 0 aromatic heterocycles. The number of carbonyl (C=O) groups excluding carboxylic acids is 1. The Morgan fingerprint density at radius 2 is 2.50 bits per heavy atom. The summed E-state index contributed by atoms with van der Waals surface area (Å²) in [5, 5.41) is 17.2. The highest BCUT2D eigenvalue weighted by Gasteiger charge is 2.21. The van der Waals surface area contributed by atoms with Crippen molar-refractivity contribution in [2.24, 2.45) is 0 Å². The third-order valence-electron chi connectivity index (χ3n) is 1.27. The molecule has 1 aliphatic heterocycles. The Morgan fingerprint density at radius 1 is 1.80 bits per heavy atom. The number of hydrogen-bond donors (Lipinski definition) is 2. The average Bonchev–Trinajstić information content (AvgIpc) is 1.95. The summed E-state index contributed by atoms with van der Waals surface area (Å²) in [6, 6.07) is 0. The monoisotopic (exact) mass is 144 g/mol. The van der Waals surface area contributed by atoms with Gasteiger partial charge in [0.2, 0.25) is 5.78 Å². The molecular formula is C6H8O4. The second-order valence-electron chi connectivity index (χ2n) is 2.07. The predicted molar refractivity (Wildman–Crippen MR) is 32.3 cm³/mol. The molecule has 0 saturated heterocycles. The molecule has 0 saturated carbocycles. The van der Waals surface area contributed by atoms with Gasteiger partial charge in [-0.2, -0.15) is 0 Å². The highest BCUT2D eigenvalue weighted by atomic mass is 16.5. The predicted octanol–water partition coefficient (Wildman–Crippen LogP) is -0.264. The fraction of sp³-hybridized carbons (Fsp3) is 0.500. The highest BCUT2D eigenvalue weighted by Crippen LogP contribution is 2.10. The zero-order valence-corrected chi connectivity index (χ0v) is 5.28. The number of rotatable bonds is 1. The Bertz CT molecular complexity index is 173. The third kappa shape index (κ3) is 1.27. The van der Waals surface area contributed by atoms with Crippen LogP contribution in [0.5, 0.6) is 0 Å². The molecule has 1 aliphatic rings. The summed E-state index contributed by atoms with van der Waals surface area (Å²) in [4.78, 5) is 10.7. The first-order valence-corrected chi connectivity index (χ1v) is 2.92. The van der Waals surface area contributed by atoms with Crippen molar-refractivity contribution in [1.82, 2.24) is 0 Å². The molecule has 0 amide bonds. The summed E-state index contributed by atoms with van der Waals surface area (Å²) in [5.74, 6) is -0.755. The van der Waals surface area contributed by atoms with Crippen LogP contribution in [-0.4, -0.2) is 28.7 Å². The third-order valence-corrected chi connectivity index (χ3v) is 1.27. The number of Topliss-reactive ketones (excluding diaryl/α,β-unsaturated/α-hetero) is 1. The van der Waals surface area contributed by atoms with Gasteiger partial charge in [0.1, 0.15) is 12.4 Å². The van der Waals surface area contributed by atoms with Gasteiger partial charge in [-0.3, -0.25) is 4.79 Å². The zero-order chi connectivity index (χ0) is 7.56. The van der Waals surface area contributed by atoms with Gasteiger partial charge in [0.05, 0.1) is 13.0 Å². The van der Waals surface area contributed by atoms with Gasteiger partial charge in [0.15, 0.2) is 5.76 Å². The summed E-state index contributed by atoms with van der Waals surface area (Å²) < 4.78 is 4.73. The lowest BCUT2D eigenvalue weighted by atomic mass is 10.1. The molecule has 0 aliphatic carbocycles. The minimum Gasteiger partial charge on any atom is -0.502 e. The van der Waals surface area contributed by atoms with E-state index in [-0.39, 0.29) is 24.6 Å². The number of carbonyl (C=O) groups is 1. The number of ether oxygens (including phenoxy) is 1. The molecule has 56 valence electrons. The van der Waals surface area contributed by atoms with Crippen molar-refractivity contribution in [3.63, 3.8) is 0 Å². The fourth-order valence-electron chi connectivity index (χ4n) is 0.693. The van der Waals surface area contributed by atoms with Crippen molar-refractivity contribution < 1.29 is 19.7 Å². The van der Waals surface area contributed by atoms with Gasteiger partial charge in [0.25, 0.3) is 0 Å². The van der Waals surface area contributed by atoms with Gasteiger partial charge in [-0.1, -0.05) is 0 Å². The average molecular weight is 144 g/mol. The number of allylic oxidation sites excluding steroid dienone is 1. The Balaban J connectivity index is 2.59. The molecule has 1 rings (SSSR count). The van der Waals surface area contributed by atoms with Gasteiger partial charge in [-0.05, 0) is 0 Å². The molecule has 4 heteroatoms. The van der Waals surface area contributed by atoms with Gasteiger partial charge < -0.3 is 14.9 Å². The molecule has 1 heterocycles. The van der Waals surface area contributed by atoms with Gasteiger partial charge in [-0.25, -0.2) is 0 Å². The SMILES string of the molecule is O=C1CC(CO)OC=C1O. The molecule has 10 heavy (non-hydrogen) atoms. The van der Waals surface area contributed by atoms with E-state index in [1.165, 1.54) is 0 Å². The van der Waals surface area contributed by atoms with Crippen molar-refractivity contribution in [3.8, 4) is 0 Å². The van der Waals surface area contributed by atoms with E-state index >= 15 is 0 Å². The van der Waals surface area contributed by atoms with Crippen LogP contribution in [0.15, 0.2) is 12.0 Å². The molecule has 0 spiro atoms. The van der Waals surface area contributed by atoms with Crippen LogP contribution in [0.4, 0.5) is 0 Å². The standard InChI is InChI=1S/C6H8O4/c7-2-4-1-5(8)6(9)3-10-4/h3-4,7,9H,1-2H2. The first kappa shape index (κ1) is 7.08. The van der Waals surface area contributed by atoms with Crippen molar-refractivity contribution in [3.05, 3.63) is 12.0 Å². The van der Waals surface area contributed by atoms with Crippen LogP contribution < -0.4 is 0 Å². The van der Waals surface area contributed by atoms with E-state index in [1.54, 1.807) is 0 Å². The second kappa shape index (κ2) is 2.70. The molecule has 0 aromatic rings. The number of ketones is 1. The lowest BCUT2D eigenvalue weighted by Crippen LogP contribution is -2.25. The Morgan fingerprint density at radius 3 is 3.00 bits per heavy atom.